The van der Waals surface area contributed by atoms with E-state index in [1.807, 2.05) is 32.0 Å². The topological polar surface area (TPSA) is 58.2 Å². The van der Waals surface area contributed by atoms with Gasteiger partial charge in [-0.25, -0.2) is 0 Å². The Balaban J connectivity index is 1.88. The van der Waals surface area contributed by atoms with Crippen molar-refractivity contribution in [1.82, 2.24) is 10.6 Å². The van der Waals surface area contributed by atoms with Crippen LogP contribution in [0.5, 0.6) is 0 Å². The molecule has 0 spiro atoms. The van der Waals surface area contributed by atoms with Crippen molar-refractivity contribution >= 4 is 23.4 Å². The summed E-state index contributed by atoms with van der Waals surface area (Å²) in [5.41, 5.74) is 4.52. The summed E-state index contributed by atoms with van der Waals surface area (Å²) in [5.74, 6) is -0.541. The Hall–Kier alpha value is -2.33. The predicted octanol–water partition coefficient (Wildman–Crippen LogP) is 3.31. The van der Waals surface area contributed by atoms with Gasteiger partial charge in [0.2, 0.25) is 5.91 Å². The molecule has 0 saturated carbocycles. The second-order valence-electron chi connectivity index (χ2n) is 5.80. The Morgan fingerprint density at radius 2 is 1.79 bits per heavy atom. The molecule has 0 atom stereocenters. The molecular formula is C19H21ClN2O2. The zero-order valence-electron chi connectivity index (χ0n) is 14.1. The number of halogens is 1. The van der Waals surface area contributed by atoms with Gasteiger partial charge >= 0.3 is 0 Å². The number of rotatable bonds is 5. The van der Waals surface area contributed by atoms with Gasteiger partial charge in [-0.05, 0) is 49.6 Å². The average Bonchev–Trinajstić information content (AvgIpc) is 2.56. The third-order valence-corrected chi connectivity index (χ3v) is 4.31. The van der Waals surface area contributed by atoms with Crippen LogP contribution in [0.15, 0.2) is 36.4 Å². The van der Waals surface area contributed by atoms with Gasteiger partial charge in [0.15, 0.2) is 0 Å². The standard InChI is InChI=1S/C19H21ClN2O2/c1-12-7-8-13(2)15(9-12)10-21-18(23)11-22-19(24)16-5-4-6-17(20)14(16)3/h4-9H,10-11H2,1-3H3,(H,21,23)(H,22,24). The van der Waals surface area contributed by atoms with Crippen molar-refractivity contribution < 1.29 is 9.59 Å². The van der Waals surface area contributed by atoms with Crippen LogP contribution in [0, 0.1) is 20.8 Å². The van der Waals surface area contributed by atoms with Gasteiger partial charge in [0.25, 0.3) is 5.91 Å². The Kier molecular flexibility index (Phi) is 5.99. The van der Waals surface area contributed by atoms with Crippen LogP contribution in [0.3, 0.4) is 0 Å². The van der Waals surface area contributed by atoms with Gasteiger partial charge in [-0.2, -0.15) is 0 Å². The molecule has 2 N–H and O–H groups in total. The first-order valence-corrected chi connectivity index (χ1v) is 8.12. The molecule has 0 fully saturated rings. The highest BCUT2D eigenvalue weighted by Gasteiger charge is 2.12. The lowest BCUT2D eigenvalue weighted by Crippen LogP contribution is -2.37. The first-order chi connectivity index (χ1) is 11.4. The predicted molar refractivity (Wildman–Crippen MR) is 96.3 cm³/mol. The van der Waals surface area contributed by atoms with Crippen LogP contribution >= 0.6 is 11.6 Å². The molecule has 4 nitrogen and oxygen atoms in total. The third kappa shape index (κ3) is 4.59. The van der Waals surface area contributed by atoms with E-state index < -0.39 is 0 Å². The smallest absolute Gasteiger partial charge is 0.252 e. The van der Waals surface area contributed by atoms with Crippen LogP contribution in [0.1, 0.15) is 32.6 Å². The maximum Gasteiger partial charge on any atom is 0.252 e. The minimum atomic E-state index is -0.308. The van der Waals surface area contributed by atoms with E-state index in [9.17, 15) is 9.59 Å². The Bertz CT molecular complexity index is 772. The van der Waals surface area contributed by atoms with Crippen LogP contribution in [0.4, 0.5) is 0 Å². The highest BCUT2D eigenvalue weighted by molar-refractivity contribution is 6.31. The number of carbonyl (C=O) groups excluding carboxylic acids is 2. The molecular weight excluding hydrogens is 324 g/mol. The molecule has 0 heterocycles. The number of hydrogen-bond donors (Lipinski definition) is 2. The minimum absolute atomic E-state index is 0.0738. The SMILES string of the molecule is Cc1ccc(C)c(CNC(=O)CNC(=O)c2cccc(Cl)c2C)c1. The molecule has 126 valence electrons. The van der Waals surface area contributed by atoms with E-state index in [2.05, 4.69) is 10.6 Å². The molecule has 5 heteroatoms. The maximum atomic E-state index is 12.1. The molecule has 24 heavy (non-hydrogen) atoms. The number of aryl methyl sites for hydroxylation is 2. The number of hydrogen-bond acceptors (Lipinski definition) is 2. The van der Waals surface area contributed by atoms with Crippen molar-refractivity contribution in [3.05, 3.63) is 69.2 Å². The van der Waals surface area contributed by atoms with Gasteiger partial charge in [0.05, 0.1) is 6.54 Å². The van der Waals surface area contributed by atoms with E-state index in [0.29, 0.717) is 22.7 Å². The first kappa shape index (κ1) is 18.0. The average molecular weight is 345 g/mol. The summed E-state index contributed by atoms with van der Waals surface area (Å²) >= 11 is 6.01. The molecule has 2 amide bonds. The highest BCUT2D eigenvalue weighted by atomic mass is 35.5. The normalized spacial score (nSPS) is 10.3. The van der Waals surface area contributed by atoms with Gasteiger partial charge in [0.1, 0.15) is 0 Å². The highest BCUT2D eigenvalue weighted by Crippen LogP contribution is 2.18. The van der Waals surface area contributed by atoms with E-state index in [1.54, 1.807) is 25.1 Å². The summed E-state index contributed by atoms with van der Waals surface area (Å²) in [6.07, 6.45) is 0. The van der Waals surface area contributed by atoms with E-state index in [1.165, 1.54) is 0 Å². The Morgan fingerprint density at radius 1 is 1.04 bits per heavy atom. The monoisotopic (exact) mass is 344 g/mol. The van der Waals surface area contributed by atoms with Crippen LogP contribution < -0.4 is 10.6 Å². The molecule has 2 rings (SSSR count). The van der Waals surface area contributed by atoms with Crippen molar-refractivity contribution in [3.63, 3.8) is 0 Å². The second kappa shape index (κ2) is 7.97. The van der Waals surface area contributed by atoms with Gasteiger partial charge in [0, 0.05) is 17.1 Å². The molecule has 0 aliphatic rings. The second-order valence-corrected chi connectivity index (χ2v) is 6.21. The summed E-state index contributed by atoms with van der Waals surface area (Å²) < 4.78 is 0. The summed E-state index contributed by atoms with van der Waals surface area (Å²) in [4.78, 5) is 24.1. The van der Waals surface area contributed by atoms with E-state index >= 15 is 0 Å². The van der Waals surface area contributed by atoms with Gasteiger partial charge in [-0.1, -0.05) is 41.4 Å². The lowest BCUT2D eigenvalue weighted by molar-refractivity contribution is -0.120. The quantitative estimate of drug-likeness (QED) is 0.874. The minimum Gasteiger partial charge on any atom is -0.350 e. The fraction of sp³-hybridized carbons (Fsp3) is 0.263. The van der Waals surface area contributed by atoms with Crippen molar-refractivity contribution in [2.75, 3.05) is 6.54 Å². The zero-order chi connectivity index (χ0) is 17.7. The summed E-state index contributed by atoms with van der Waals surface area (Å²) in [6, 6.07) is 11.2. The third-order valence-electron chi connectivity index (χ3n) is 3.90. The van der Waals surface area contributed by atoms with Crippen LogP contribution in [-0.2, 0) is 11.3 Å². The van der Waals surface area contributed by atoms with Crippen LogP contribution in [0.2, 0.25) is 5.02 Å². The number of carbonyl (C=O) groups is 2. The molecule has 0 aliphatic carbocycles. The number of amides is 2. The maximum absolute atomic E-state index is 12.1. The summed E-state index contributed by atoms with van der Waals surface area (Å²) in [7, 11) is 0. The van der Waals surface area contributed by atoms with Crippen molar-refractivity contribution in [3.8, 4) is 0 Å². The zero-order valence-corrected chi connectivity index (χ0v) is 14.8. The molecule has 0 bridgehead atoms. The van der Waals surface area contributed by atoms with E-state index in [0.717, 1.165) is 16.7 Å². The molecule has 2 aromatic carbocycles. The Morgan fingerprint density at radius 3 is 2.54 bits per heavy atom. The first-order valence-electron chi connectivity index (χ1n) is 7.74. The van der Waals surface area contributed by atoms with E-state index in [4.69, 9.17) is 11.6 Å². The number of nitrogens with one attached hydrogen (secondary N) is 2. The van der Waals surface area contributed by atoms with Crippen molar-refractivity contribution in [2.24, 2.45) is 0 Å². The van der Waals surface area contributed by atoms with Crippen LogP contribution in [-0.4, -0.2) is 18.4 Å². The van der Waals surface area contributed by atoms with Gasteiger partial charge in [-0.15, -0.1) is 0 Å². The van der Waals surface area contributed by atoms with E-state index in [-0.39, 0.29) is 18.4 Å². The molecule has 2 aromatic rings. The van der Waals surface area contributed by atoms with Gasteiger partial charge in [-0.3, -0.25) is 9.59 Å². The summed E-state index contributed by atoms with van der Waals surface area (Å²) in [5, 5.41) is 5.97. The molecule has 0 aliphatic heterocycles. The molecule has 0 unspecified atom stereocenters. The fourth-order valence-electron chi connectivity index (χ4n) is 2.36. The summed E-state index contributed by atoms with van der Waals surface area (Å²) in [6.45, 7) is 6.16. The lowest BCUT2D eigenvalue weighted by Gasteiger charge is -2.11. The van der Waals surface area contributed by atoms with Crippen LogP contribution in [0.25, 0.3) is 0 Å². The molecule has 0 radical (unpaired) electrons. The largest absolute Gasteiger partial charge is 0.350 e. The van der Waals surface area contributed by atoms with Crippen molar-refractivity contribution in [1.29, 1.82) is 0 Å². The molecule has 0 aromatic heterocycles. The van der Waals surface area contributed by atoms with Crippen molar-refractivity contribution in [2.45, 2.75) is 27.3 Å². The fourth-order valence-corrected chi connectivity index (χ4v) is 2.53. The lowest BCUT2D eigenvalue weighted by atomic mass is 10.1. The molecule has 0 saturated heterocycles. The number of benzene rings is 2. The van der Waals surface area contributed by atoms with Gasteiger partial charge < -0.3 is 10.6 Å². The Labute approximate surface area is 147 Å².